The Hall–Kier alpha value is -0.690. The van der Waals surface area contributed by atoms with Gasteiger partial charge in [0.05, 0.1) is 6.54 Å². The minimum Gasteiger partial charge on any atom is -0.247 e. The highest BCUT2D eigenvalue weighted by molar-refractivity contribution is 5.32. The number of nitrogens with zero attached hydrogens (tertiary/aromatic N) is 1. The maximum Gasteiger partial charge on any atom is 0.234 e. The van der Waals surface area contributed by atoms with Crippen molar-refractivity contribution in [1.29, 1.82) is 0 Å². The van der Waals surface area contributed by atoms with Crippen LogP contribution in [0.2, 0.25) is 0 Å². The van der Waals surface area contributed by atoms with Crippen LogP contribution in [0.4, 0.5) is 4.39 Å². The molecule has 0 heterocycles. The lowest BCUT2D eigenvalue weighted by atomic mass is 10.00. The average molecular weight is 171 g/mol. The van der Waals surface area contributed by atoms with Crippen molar-refractivity contribution in [2.45, 2.75) is 38.3 Å². The fourth-order valence-corrected chi connectivity index (χ4v) is 1.79. The Balaban J connectivity index is 2.17. The Kier molecular flexibility index (Phi) is 3.95. The molecule has 12 heavy (non-hydrogen) atoms. The third-order valence-corrected chi connectivity index (χ3v) is 2.49. The van der Waals surface area contributed by atoms with Crippen molar-refractivity contribution in [3.8, 4) is 0 Å². The summed E-state index contributed by atoms with van der Waals surface area (Å²) in [5, 5.41) is 0. The molecule has 1 saturated carbocycles. The summed E-state index contributed by atoms with van der Waals surface area (Å²) in [7, 11) is 0. The fraction of sp³-hybridized carbons (Fsp3) is 0.889. The lowest BCUT2D eigenvalue weighted by molar-refractivity contribution is 0.220. The van der Waals surface area contributed by atoms with E-state index in [4.69, 9.17) is 0 Å². The molecule has 0 saturated heterocycles. The third-order valence-electron chi connectivity index (χ3n) is 2.49. The molecule has 1 atom stereocenters. The largest absolute Gasteiger partial charge is 0.247 e. The molecule has 1 rings (SSSR count). The topological polar surface area (TPSA) is 29.4 Å². The molecule has 1 fully saturated rings. The first-order valence-electron chi connectivity index (χ1n) is 4.52. The van der Waals surface area contributed by atoms with Crippen LogP contribution in [-0.2, 0) is 4.79 Å². The van der Waals surface area contributed by atoms with Crippen molar-refractivity contribution in [3.05, 3.63) is 0 Å². The molecule has 1 aliphatic rings. The van der Waals surface area contributed by atoms with Gasteiger partial charge in [0.25, 0.3) is 0 Å². The average Bonchev–Trinajstić information content (AvgIpc) is 2.56. The van der Waals surface area contributed by atoms with E-state index in [1.807, 2.05) is 0 Å². The van der Waals surface area contributed by atoms with Gasteiger partial charge in [-0.1, -0.05) is 12.8 Å². The number of hydrogen-bond acceptors (Lipinski definition) is 2. The highest BCUT2D eigenvalue weighted by atomic mass is 19.1. The quantitative estimate of drug-likeness (QED) is 0.471. The zero-order chi connectivity index (χ0) is 8.81. The Morgan fingerprint density at radius 3 is 2.75 bits per heavy atom. The van der Waals surface area contributed by atoms with Crippen molar-refractivity contribution < 1.29 is 9.18 Å². The summed E-state index contributed by atoms with van der Waals surface area (Å²) >= 11 is 0. The molecule has 0 aromatic heterocycles. The Labute approximate surface area is 71.9 Å². The maximum absolute atomic E-state index is 13.2. The molecular formula is C9H14FNO. The van der Waals surface area contributed by atoms with Gasteiger partial charge >= 0.3 is 0 Å². The van der Waals surface area contributed by atoms with Gasteiger partial charge in [0, 0.05) is 0 Å². The van der Waals surface area contributed by atoms with Crippen LogP contribution in [0.1, 0.15) is 32.1 Å². The van der Waals surface area contributed by atoms with Gasteiger partial charge in [0.15, 0.2) is 0 Å². The van der Waals surface area contributed by atoms with Crippen molar-refractivity contribution in [2.75, 3.05) is 6.54 Å². The first-order valence-corrected chi connectivity index (χ1v) is 4.52. The minimum absolute atomic E-state index is 0.229. The normalized spacial score (nSPS) is 20.4. The van der Waals surface area contributed by atoms with Crippen LogP contribution in [0.25, 0.3) is 0 Å². The van der Waals surface area contributed by atoms with E-state index >= 15 is 0 Å². The van der Waals surface area contributed by atoms with Crippen LogP contribution in [0.5, 0.6) is 0 Å². The summed E-state index contributed by atoms with van der Waals surface area (Å²) in [6, 6.07) is 0. The van der Waals surface area contributed by atoms with E-state index in [2.05, 4.69) is 4.99 Å². The standard InChI is InChI=1S/C9H14FNO/c10-9(5-6-11-7-12)8-3-1-2-4-8/h8-9H,1-6H2. The fourth-order valence-electron chi connectivity index (χ4n) is 1.79. The Bertz CT molecular complexity index is 171. The van der Waals surface area contributed by atoms with E-state index in [1.165, 1.54) is 6.08 Å². The predicted octanol–water partition coefficient (Wildman–Crippen LogP) is 2.24. The smallest absolute Gasteiger partial charge is 0.234 e. The van der Waals surface area contributed by atoms with Crippen LogP contribution in [0.3, 0.4) is 0 Å². The molecule has 0 aromatic carbocycles. The molecule has 1 aliphatic carbocycles. The number of hydrogen-bond donors (Lipinski definition) is 0. The van der Waals surface area contributed by atoms with Crippen LogP contribution in [0.15, 0.2) is 4.99 Å². The second-order valence-electron chi connectivity index (χ2n) is 3.32. The van der Waals surface area contributed by atoms with Crippen molar-refractivity contribution in [1.82, 2.24) is 0 Å². The molecule has 0 aromatic rings. The molecule has 0 aliphatic heterocycles. The summed E-state index contributed by atoms with van der Waals surface area (Å²) in [6.07, 6.45) is 5.37. The molecule has 0 bridgehead atoms. The summed E-state index contributed by atoms with van der Waals surface area (Å²) in [4.78, 5) is 13.0. The summed E-state index contributed by atoms with van der Waals surface area (Å²) < 4.78 is 13.2. The highest BCUT2D eigenvalue weighted by Gasteiger charge is 2.23. The van der Waals surface area contributed by atoms with Gasteiger partial charge in [-0.25, -0.2) is 14.2 Å². The lowest BCUT2D eigenvalue weighted by Gasteiger charge is -2.12. The molecule has 0 N–H and O–H groups in total. The number of alkyl halides is 1. The number of rotatable bonds is 4. The van der Waals surface area contributed by atoms with Gasteiger partial charge in [-0.15, -0.1) is 0 Å². The van der Waals surface area contributed by atoms with Crippen LogP contribution in [-0.4, -0.2) is 18.8 Å². The van der Waals surface area contributed by atoms with E-state index in [1.54, 1.807) is 0 Å². The van der Waals surface area contributed by atoms with Crippen LogP contribution < -0.4 is 0 Å². The molecule has 2 nitrogen and oxygen atoms in total. The summed E-state index contributed by atoms with van der Waals surface area (Å²) in [5.41, 5.74) is 0. The second kappa shape index (κ2) is 5.04. The minimum atomic E-state index is -0.760. The third kappa shape index (κ3) is 2.74. The molecule has 68 valence electrons. The summed E-state index contributed by atoms with van der Waals surface area (Å²) in [6.45, 7) is 0.293. The van der Waals surface area contributed by atoms with Gasteiger partial charge in [0.2, 0.25) is 6.08 Å². The van der Waals surface area contributed by atoms with Gasteiger partial charge < -0.3 is 0 Å². The zero-order valence-electron chi connectivity index (χ0n) is 7.13. The van der Waals surface area contributed by atoms with Crippen molar-refractivity contribution >= 4 is 6.08 Å². The number of halogens is 1. The molecule has 3 heteroatoms. The summed E-state index contributed by atoms with van der Waals surface area (Å²) in [5.74, 6) is 0.229. The lowest BCUT2D eigenvalue weighted by Crippen LogP contribution is -2.13. The van der Waals surface area contributed by atoms with Gasteiger partial charge in [-0.3, -0.25) is 0 Å². The van der Waals surface area contributed by atoms with Crippen molar-refractivity contribution in [3.63, 3.8) is 0 Å². The molecule has 0 amide bonds. The van der Waals surface area contributed by atoms with Crippen LogP contribution in [0, 0.1) is 5.92 Å². The Morgan fingerprint density at radius 1 is 1.50 bits per heavy atom. The SMILES string of the molecule is O=C=NCCC(F)C1CCCC1. The van der Waals surface area contributed by atoms with Gasteiger partial charge in [-0.05, 0) is 25.2 Å². The number of isocyanates is 1. The van der Waals surface area contributed by atoms with Gasteiger partial charge in [-0.2, -0.15) is 0 Å². The Morgan fingerprint density at radius 2 is 2.17 bits per heavy atom. The van der Waals surface area contributed by atoms with Crippen LogP contribution >= 0.6 is 0 Å². The van der Waals surface area contributed by atoms with Crippen molar-refractivity contribution in [2.24, 2.45) is 10.9 Å². The molecule has 0 radical (unpaired) electrons. The number of carbonyl (C=O) groups excluding carboxylic acids is 1. The first kappa shape index (κ1) is 9.40. The van der Waals surface area contributed by atoms with E-state index in [-0.39, 0.29) is 5.92 Å². The highest BCUT2D eigenvalue weighted by Crippen LogP contribution is 2.30. The van der Waals surface area contributed by atoms with E-state index < -0.39 is 6.17 Å². The second-order valence-corrected chi connectivity index (χ2v) is 3.32. The van der Waals surface area contributed by atoms with Gasteiger partial charge in [0.1, 0.15) is 6.17 Å². The van der Waals surface area contributed by atoms with E-state index in [0.717, 1.165) is 25.7 Å². The first-order chi connectivity index (χ1) is 5.84. The predicted molar refractivity (Wildman–Crippen MR) is 44.5 cm³/mol. The molecular weight excluding hydrogens is 157 g/mol. The van der Waals surface area contributed by atoms with E-state index in [0.29, 0.717) is 13.0 Å². The maximum atomic E-state index is 13.2. The van der Waals surface area contributed by atoms with E-state index in [9.17, 15) is 9.18 Å². The number of aliphatic imine (C=N–C) groups is 1. The zero-order valence-corrected chi connectivity index (χ0v) is 7.13. The monoisotopic (exact) mass is 171 g/mol. The molecule has 1 unspecified atom stereocenters. The molecule has 0 spiro atoms.